The Morgan fingerprint density at radius 1 is 1.35 bits per heavy atom. The molecule has 0 aliphatic carbocycles. The van der Waals surface area contributed by atoms with Crippen LogP contribution in [0.1, 0.15) is 18.0 Å². The number of nitrogens with one attached hydrogen (secondary N) is 1. The first-order chi connectivity index (χ1) is 9.56. The third-order valence-corrected chi connectivity index (χ3v) is 5.50. The second-order valence-electron chi connectivity index (χ2n) is 4.26. The number of nitrogen functional groups attached to an aromatic ring is 1. The van der Waals surface area contributed by atoms with Crippen molar-refractivity contribution in [3.05, 3.63) is 29.8 Å². The highest BCUT2D eigenvalue weighted by Crippen LogP contribution is 2.32. The van der Waals surface area contributed by atoms with Gasteiger partial charge in [-0.05, 0) is 6.07 Å². The maximum atomic E-state index is 12.2. The van der Waals surface area contributed by atoms with Crippen LogP contribution in [0, 0.1) is 0 Å². The number of anilines is 1. The fourth-order valence-corrected chi connectivity index (χ4v) is 4.08. The van der Waals surface area contributed by atoms with Gasteiger partial charge in [-0.1, -0.05) is 29.5 Å². The number of nitrogens with two attached hydrogens (primary N) is 1. The summed E-state index contributed by atoms with van der Waals surface area (Å²) in [7, 11) is -3.72. The minimum atomic E-state index is -3.72. The van der Waals surface area contributed by atoms with Crippen LogP contribution < -0.4 is 15.2 Å². The van der Waals surface area contributed by atoms with Crippen molar-refractivity contribution in [2.75, 3.05) is 12.3 Å². The minimum absolute atomic E-state index is 0.123. The lowest BCUT2D eigenvalue weighted by atomic mass is 10.0. The van der Waals surface area contributed by atoms with Crippen LogP contribution in [-0.4, -0.2) is 25.2 Å². The summed E-state index contributed by atoms with van der Waals surface area (Å²) in [5.74, 6) is 0.697. The van der Waals surface area contributed by atoms with Gasteiger partial charge in [0, 0.05) is 12.0 Å². The zero-order valence-electron chi connectivity index (χ0n) is 10.3. The number of sulfonamides is 1. The average molecular weight is 312 g/mol. The summed E-state index contributed by atoms with van der Waals surface area (Å²) in [6.07, 6.45) is 0.560. The largest absolute Gasteiger partial charge is 0.493 e. The third kappa shape index (κ3) is 2.47. The number of nitrogens with zero attached hydrogens (tertiary/aromatic N) is 2. The predicted molar refractivity (Wildman–Crippen MR) is 73.9 cm³/mol. The molecule has 1 aromatic heterocycles. The molecule has 0 radical (unpaired) electrons. The topological polar surface area (TPSA) is 107 Å². The van der Waals surface area contributed by atoms with Crippen LogP contribution >= 0.6 is 11.3 Å². The van der Waals surface area contributed by atoms with Crippen LogP contribution in [0.5, 0.6) is 5.75 Å². The SMILES string of the molecule is Nc1nnc(S(=O)(=O)NC2CCOc3ccccc32)s1. The van der Waals surface area contributed by atoms with Gasteiger partial charge in [-0.3, -0.25) is 0 Å². The molecule has 9 heteroatoms. The Hall–Kier alpha value is -1.71. The predicted octanol–water partition coefficient (Wildman–Crippen LogP) is 0.922. The smallest absolute Gasteiger partial charge is 0.270 e. The highest BCUT2D eigenvalue weighted by molar-refractivity contribution is 7.91. The molecule has 0 saturated heterocycles. The fourth-order valence-electron chi connectivity index (χ4n) is 2.03. The first kappa shape index (κ1) is 13.3. The molecule has 2 aromatic rings. The Labute approximate surface area is 119 Å². The first-order valence-corrected chi connectivity index (χ1v) is 8.19. The molecule has 7 nitrogen and oxygen atoms in total. The summed E-state index contributed by atoms with van der Waals surface area (Å²) in [5, 5.41) is 7.22. The molecule has 1 unspecified atom stereocenters. The molecule has 1 atom stereocenters. The van der Waals surface area contributed by atoms with E-state index >= 15 is 0 Å². The summed E-state index contributed by atoms with van der Waals surface area (Å²) in [5.41, 5.74) is 6.24. The maximum absolute atomic E-state index is 12.2. The van der Waals surface area contributed by atoms with Crippen LogP contribution in [0.15, 0.2) is 28.6 Å². The number of fused-ring (bicyclic) bond motifs is 1. The van der Waals surface area contributed by atoms with Gasteiger partial charge in [0.2, 0.25) is 9.47 Å². The van der Waals surface area contributed by atoms with Gasteiger partial charge in [0.05, 0.1) is 12.6 Å². The molecular weight excluding hydrogens is 300 g/mol. The number of hydrogen-bond donors (Lipinski definition) is 2. The van der Waals surface area contributed by atoms with Crippen molar-refractivity contribution in [3.63, 3.8) is 0 Å². The van der Waals surface area contributed by atoms with Gasteiger partial charge in [-0.2, -0.15) is 0 Å². The molecular formula is C11H12N4O3S2. The van der Waals surface area contributed by atoms with Gasteiger partial charge in [0.25, 0.3) is 10.0 Å². The van der Waals surface area contributed by atoms with Crippen molar-refractivity contribution in [1.82, 2.24) is 14.9 Å². The monoisotopic (exact) mass is 312 g/mol. The lowest BCUT2D eigenvalue weighted by Gasteiger charge is -2.25. The molecule has 0 saturated carbocycles. The highest BCUT2D eigenvalue weighted by Gasteiger charge is 2.28. The van der Waals surface area contributed by atoms with Crippen molar-refractivity contribution >= 4 is 26.5 Å². The molecule has 3 rings (SSSR count). The van der Waals surface area contributed by atoms with Gasteiger partial charge < -0.3 is 10.5 Å². The van der Waals surface area contributed by atoms with Gasteiger partial charge >= 0.3 is 0 Å². The molecule has 0 fully saturated rings. The fraction of sp³-hybridized carbons (Fsp3) is 0.273. The minimum Gasteiger partial charge on any atom is -0.493 e. The van der Waals surface area contributed by atoms with Gasteiger partial charge in [-0.15, -0.1) is 10.2 Å². The van der Waals surface area contributed by atoms with Crippen LogP contribution in [0.4, 0.5) is 5.13 Å². The van der Waals surface area contributed by atoms with E-state index in [2.05, 4.69) is 14.9 Å². The number of ether oxygens (including phenoxy) is 1. The van der Waals surface area contributed by atoms with Crippen molar-refractivity contribution in [3.8, 4) is 5.75 Å². The van der Waals surface area contributed by atoms with Crippen LogP contribution in [0.2, 0.25) is 0 Å². The summed E-state index contributed by atoms with van der Waals surface area (Å²) in [6.45, 7) is 0.461. The van der Waals surface area contributed by atoms with E-state index in [0.29, 0.717) is 18.8 Å². The number of aromatic nitrogens is 2. The lowest BCUT2D eigenvalue weighted by molar-refractivity contribution is 0.263. The lowest BCUT2D eigenvalue weighted by Crippen LogP contribution is -2.32. The molecule has 0 spiro atoms. The molecule has 1 aromatic carbocycles. The number of hydrogen-bond acceptors (Lipinski definition) is 7. The van der Waals surface area contributed by atoms with E-state index in [4.69, 9.17) is 10.5 Å². The Morgan fingerprint density at radius 2 is 2.15 bits per heavy atom. The standard InChI is InChI=1S/C11H12N4O3S2/c12-10-13-14-11(19-10)20(16,17)15-8-5-6-18-9-4-2-1-3-7(8)9/h1-4,8,15H,5-6H2,(H2,12,13). The van der Waals surface area contributed by atoms with Gasteiger partial charge in [-0.25, -0.2) is 13.1 Å². The molecule has 0 bridgehead atoms. The Balaban J connectivity index is 1.89. The van der Waals surface area contributed by atoms with Crippen molar-refractivity contribution in [1.29, 1.82) is 0 Å². The van der Waals surface area contributed by atoms with E-state index in [9.17, 15) is 8.42 Å². The Bertz CT molecular complexity index is 729. The molecule has 3 N–H and O–H groups in total. The molecule has 106 valence electrons. The average Bonchev–Trinajstić information content (AvgIpc) is 2.86. The van der Waals surface area contributed by atoms with Gasteiger partial charge in [0.15, 0.2) is 0 Å². The molecule has 20 heavy (non-hydrogen) atoms. The summed E-state index contributed by atoms with van der Waals surface area (Å²) >= 11 is 0.838. The van der Waals surface area contributed by atoms with E-state index in [1.807, 2.05) is 24.3 Å². The number of benzene rings is 1. The second kappa shape index (κ2) is 5.00. The summed E-state index contributed by atoms with van der Waals surface area (Å²) in [6, 6.07) is 7.02. The zero-order chi connectivity index (χ0) is 14.2. The molecule has 1 aliphatic heterocycles. The highest BCUT2D eigenvalue weighted by atomic mass is 32.2. The first-order valence-electron chi connectivity index (χ1n) is 5.89. The Kier molecular flexibility index (Phi) is 3.32. The summed E-state index contributed by atoms with van der Waals surface area (Å²) < 4.78 is 32.4. The second-order valence-corrected chi connectivity index (χ2v) is 7.15. The molecule has 1 aliphatic rings. The van der Waals surface area contributed by atoms with Crippen molar-refractivity contribution < 1.29 is 13.2 Å². The molecule has 0 amide bonds. The quantitative estimate of drug-likeness (QED) is 0.872. The zero-order valence-corrected chi connectivity index (χ0v) is 11.9. The van der Waals surface area contributed by atoms with Crippen molar-refractivity contribution in [2.45, 2.75) is 16.8 Å². The van der Waals surface area contributed by atoms with E-state index in [1.54, 1.807) is 0 Å². The van der Waals surface area contributed by atoms with Crippen molar-refractivity contribution in [2.24, 2.45) is 0 Å². The molecule has 2 heterocycles. The number of rotatable bonds is 3. The Morgan fingerprint density at radius 3 is 2.90 bits per heavy atom. The van der Waals surface area contributed by atoms with E-state index in [0.717, 1.165) is 16.9 Å². The van der Waals surface area contributed by atoms with Crippen LogP contribution in [-0.2, 0) is 10.0 Å². The van der Waals surface area contributed by atoms with E-state index < -0.39 is 10.0 Å². The van der Waals surface area contributed by atoms with Crippen LogP contribution in [0.25, 0.3) is 0 Å². The van der Waals surface area contributed by atoms with E-state index in [-0.39, 0.29) is 15.5 Å². The van der Waals surface area contributed by atoms with E-state index in [1.165, 1.54) is 0 Å². The maximum Gasteiger partial charge on any atom is 0.270 e. The number of para-hydroxylation sites is 1. The van der Waals surface area contributed by atoms with Crippen LogP contribution in [0.3, 0.4) is 0 Å². The van der Waals surface area contributed by atoms with Gasteiger partial charge in [0.1, 0.15) is 5.75 Å². The third-order valence-electron chi connectivity index (χ3n) is 2.91. The normalized spacial score (nSPS) is 18.3. The summed E-state index contributed by atoms with van der Waals surface area (Å²) in [4.78, 5) is 0.